The minimum absolute atomic E-state index is 0.0869. The smallest absolute Gasteiger partial charge is 0.236 e. The van der Waals surface area contributed by atoms with Gasteiger partial charge in [0.25, 0.3) is 0 Å². The summed E-state index contributed by atoms with van der Waals surface area (Å²) in [5.74, 6) is 0.522. The third-order valence-electron chi connectivity index (χ3n) is 5.25. The summed E-state index contributed by atoms with van der Waals surface area (Å²) in [7, 11) is 3.53. The normalized spacial score (nSPS) is 27.9. The summed E-state index contributed by atoms with van der Waals surface area (Å²) in [6, 6.07) is 3.78. The van der Waals surface area contributed by atoms with Crippen molar-refractivity contribution in [2.45, 2.75) is 13.3 Å². The van der Waals surface area contributed by atoms with Gasteiger partial charge in [0.2, 0.25) is 11.8 Å². The van der Waals surface area contributed by atoms with E-state index in [1.54, 1.807) is 31.4 Å². The van der Waals surface area contributed by atoms with Crippen LogP contribution in [0.1, 0.15) is 13.3 Å². The summed E-state index contributed by atoms with van der Waals surface area (Å²) in [5.41, 5.74) is 0.506. The van der Waals surface area contributed by atoms with E-state index in [9.17, 15) is 9.59 Å². The molecule has 0 saturated carbocycles. The van der Waals surface area contributed by atoms with Gasteiger partial charge in [-0.25, -0.2) is 0 Å². The molecule has 2 aliphatic heterocycles. The molecule has 0 radical (unpaired) electrons. The molecule has 2 saturated heterocycles. The Labute approximate surface area is 137 Å². The number of hydrogen-bond acceptors (Lipinski definition) is 4. The third-order valence-corrected chi connectivity index (χ3v) is 5.25. The van der Waals surface area contributed by atoms with Crippen LogP contribution in [0, 0.1) is 11.3 Å². The maximum atomic E-state index is 13.1. The number of nitrogens with zero attached hydrogens (tertiary/aromatic N) is 4. The van der Waals surface area contributed by atoms with Gasteiger partial charge in [0.05, 0.1) is 23.8 Å². The second-order valence-corrected chi connectivity index (χ2v) is 6.93. The van der Waals surface area contributed by atoms with Gasteiger partial charge in [0, 0.05) is 39.9 Å². The highest BCUT2D eigenvalue weighted by Gasteiger charge is 2.55. The van der Waals surface area contributed by atoms with Crippen molar-refractivity contribution in [3.05, 3.63) is 24.5 Å². The summed E-state index contributed by atoms with van der Waals surface area (Å²) >= 11 is 0. The Kier molecular flexibility index (Phi) is 4.10. The molecule has 6 nitrogen and oxygen atoms in total. The molecule has 1 spiro atoms. The summed E-state index contributed by atoms with van der Waals surface area (Å²) in [6.07, 6.45) is 4.30. The molecule has 3 heterocycles. The Bertz CT molecular complexity index is 604. The monoisotopic (exact) mass is 316 g/mol. The molecule has 1 aromatic rings. The van der Waals surface area contributed by atoms with Crippen LogP contribution in [0.5, 0.6) is 0 Å². The highest BCUT2D eigenvalue weighted by molar-refractivity contribution is 6.00. The van der Waals surface area contributed by atoms with E-state index in [1.165, 1.54) is 0 Å². The molecule has 0 bridgehead atoms. The SMILES string of the molecule is C[C@H]1CN(CC(=O)N(C)C)C[C@@]12CCN(c1cccnc1)C2=O. The summed E-state index contributed by atoms with van der Waals surface area (Å²) in [6.45, 7) is 4.71. The van der Waals surface area contributed by atoms with Crippen LogP contribution >= 0.6 is 0 Å². The molecule has 2 atom stereocenters. The van der Waals surface area contributed by atoms with Crippen molar-refractivity contribution < 1.29 is 9.59 Å². The van der Waals surface area contributed by atoms with Crippen molar-refractivity contribution in [1.82, 2.24) is 14.8 Å². The predicted octanol–water partition coefficient (Wildman–Crippen LogP) is 0.845. The first kappa shape index (κ1) is 15.9. The number of pyridine rings is 1. The molecule has 3 rings (SSSR count). The zero-order valence-electron chi connectivity index (χ0n) is 14.0. The van der Waals surface area contributed by atoms with Gasteiger partial charge in [-0.05, 0) is 24.5 Å². The van der Waals surface area contributed by atoms with Crippen LogP contribution in [0.2, 0.25) is 0 Å². The van der Waals surface area contributed by atoms with Crippen LogP contribution in [0.3, 0.4) is 0 Å². The van der Waals surface area contributed by atoms with E-state index >= 15 is 0 Å². The Morgan fingerprint density at radius 3 is 2.91 bits per heavy atom. The lowest BCUT2D eigenvalue weighted by Crippen LogP contribution is -2.41. The number of carbonyl (C=O) groups excluding carboxylic acids is 2. The first-order valence-electron chi connectivity index (χ1n) is 8.08. The van der Waals surface area contributed by atoms with Gasteiger partial charge in [-0.2, -0.15) is 0 Å². The van der Waals surface area contributed by atoms with E-state index in [2.05, 4.69) is 16.8 Å². The number of likely N-dealkylation sites (N-methyl/N-ethyl adjacent to an activating group) is 1. The number of aromatic nitrogens is 1. The van der Waals surface area contributed by atoms with Gasteiger partial charge in [-0.1, -0.05) is 6.92 Å². The van der Waals surface area contributed by atoms with Crippen molar-refractivity contribution >= 4 is 17.5 Å². The molecule has 0 aliphatic carbocycles. The Morgan fingerprint density at radius 1 is 1.48 bits per heavy atom. The molecule has 1 aromatic heterocycles. The number of anilines is 1. The molecule has 2 amide bonds. The molecule has 2 fully saturated rings. The van der Waals surface area contributed by atoms with Crippen molar-refractivity contribution in [3.63, 3.8) is 0 Å². The predicted molar refractivity (Wildman–Crippen MR) is 87.9 cm³/mol. The maximum absolute atomic E-state index is 13.1. The second kappa shape index (κ2) is 5.92. The number of rotatable bonds is 3. The average Bonchev–Trinajstić information content (AvgIpc) is 3.02. The van der Waals surface area contributed by atoms with Crippen LogP contribution in [0.25, 0.3) is 0 Å². The molecule has 23 heavy (non-hydrogen) atoms. The molecule has 2 aliphatic rings. The van der Waals surface area contributed by atoms with Crippen molar-refractivity contribution in [2.75, 3.05) is 45.2 Å². The topological polar surface area (TPSA) is 56.8 Å². The number of hydrogen-bond donors (Lipinski definition) is 0. The van der Waals surface area contributed by atoms with E-state index < -0.39 is 0 Å². The van der Waals surface area contributed by atoms with Gasteiger partial charge in [0.15, 0.2) is 0 Å². The quantitative estimate of drug-likeness (QED) is 0.829. The maximum Gasteiger partial charge on any atom is 0.236 e. The average molecular weight is 316 g/mol. The van der Waals surface area contributed by atoms with Gasteiger partial charge < -0.3 is 9.80 Å². The van der Waals surface area contributed by atoms with Crippen molar-refractivity contribution in [2.24, 2.45) is 11.3 Å². The Balaban J connectivity index is 1.75. The fraction of sp³-hybridized carbons (Fsp3) is 0.588. The van der Waals surface area contributed by atoms with E-state index in [0.717, 1.165) is 25.2 Å². The standard InChI is InChI=1S/C17H24N4O2/c1-13-10-20(11-15(22)19(2)3)12-17(13)6-8-21(16(17)23)14-5-4-7-18-9-14/h4-5,7,9,13H,6,8,10-12H2,1-3H3/t13-,17-/m0/s1. The fourth-order valence-corrected chi connectivity index (χ4v) is 3.79. The van der Waals surface area contributed by atoms with Gasteiger partial charge in [-0.3, -0.25) is 19.5 Å². The lowest BCUT2D eigenvalue weighted by atomic mass is 9.78. The zero-order chi connectivity index (χ0) is 16.6. The highest BCUT2D eigenvalue weighted by Crippen LogP contribution is 2.45. The molecule has 0 aromatic carbocycles. The lowest BCUT2D eigenvalue weighted by molar-refractivity contribution is -0.130. The molecule has 0 N–H and O–H groups in total. The van der Waals surface area contributed by atoms with E-state index in [0.29, 0.717) is 13.1 Å². The third kappa shape index (κ3) is 2.72. The summed E-state index contributed by atoms with van der Waals surface area (Å²) in [4.78, 5) is 34.7. The van der Waals surface area contributed by atoms with Crippen molar-refractivity contribution in [1.29, 1.82) is 0 Å². The van der Waals surface area contributed by atoms with Gasteiger partial charge in [0.1, 0.15) is 0 Å². The minimum Gasteiger partial charge on any atom is -0.348 e. The van der Waals surface area contributed by atoms with Crippen LogP contribution < -0.4 is 4.90 Å². The molecule has 124 valence electrons. The number of likely N-dealkylation sites (tertiary alicyclic amines) is 1. The van der Waals surface area contributed by atoms with Crippen LogP contribution in [-0.4, -0.2) is 66.9 Å². The first-order valence-corrected chi connectivity index (χ1v) is 8.08. The largest absolute Gasteiger partial charge is 0.348 e. The number of amides is 2. The Hall–Kier alpha value is -1.95. The fourth-order valence-electron chi connectivity index (χ4n) is 3.79. The van der Waals surface area contributed by atoms with Gasteiger partial charge >= 0.3 is 0 Å². The zero-order valence-corrected chi connectivity index (χ0v) is 14.0. The van der Waals surface area contributed by atoms with E-state index in [-0.39, 0.29) is 23.1 Å². The molecule has 0 unspecified atom stereocenters. The Morgan fingerprint density at radius 2 is 2.26 bits per heavy atom. The van der Waals surface area contributed by atoms with Crippen LogP contribution in [0.15, 0.2) is 24.5 Å². The van der Waals surface area contributed by atoms with Gasteiger partial charge in [-0.15, -0.1) is 0 Å². The second-order valence-electron chi connectivity index (χ2n) is 6.93. The van der Waals surface area contributed by atoms with E-state index in [4.69, 9.17) is 0 Å². The lowest BCUT2D eigenvalue weighted by Gasteiger charge is -2.26. The van der Waals surface area contributed by atoms with E-state index in [1.807, 2.05) is 17.0 Å². The van der Waals surface area contributed by atoms with Crippen molar-refractivity contribution in [3.8, 4) is 0 Å². The molecular weight excluding hydrogens is 292 g/mol. The summed E-state index contributed by atoms with van der Waals surface area (Å²) < 4.78 is 0. The van der Waals surface area contributed by atoms with Crippen LogP contribution in [0.4, 0.5) is 5.69 Å². The molecule has 6 heteroatoms. The highest BCUT2D eigenvalue weighted by atomic mass is 16.2. The van der Waals surface area contributed by atoms with Crippen LogP contribution in [-0.2, 0) is 9.59 Å². The molecular formula is C17H24N4O2. The minimum atomic E-state index is -0.359. The summed E-state index contributed by atoms with van der Waals surface area (Å²) in [5, 5.41) is 0. The first-order chi connectivity index (χ1) is 10.9. The number of carbonyl (C=O) groups is 2.